The molecule has 0 fully saturated rings. The third kappa shape index (κ3) is 3.36. The summed E-state index contributed by atoms with van der Waals surface area (Å²) < 4.78 is 0. The summed E-state index contributed by atoms with van der Waals surface area (Å²) in [7, 11) is 3.57. The average molecular weight is 352 g/mol. The summed E-state index contributed by atoms with van der Waals surface area (Å²) in [6.07, 6.45) is 0. The van der Waals surface area contributed by atoms with Crippen molar-refractivity contribution < 1.29 is 19.3 Å². The van der Waals surface area contributed by atoms with Gasteiger partial charge in [0.2, 0.25) is 0 Å². The van der Waals surface area contributed by atoms with Crippen LogP contribution in [0, 0.1) is 6.92 Å². The summed E-state index contributed by atoms with van der Waals surface area (Å²) >= 11 is 0. The van der Waals surface area contributed by atoms with Crippen molar-refractivity contribution in [2.75, 3.05) is 25.7 Å². The maximum absolute atomic E-state index is 12.3. The second-order valence-electron chi connectivity index (χ2n) is 6.65. The zero-order valence-corrected chi connectivity index (χ0v) is 15.1. The van der Waals surface area contributed by atoms with E-state index < -0.39 is 11.7 Å². The zero-order valence-electron chi connectivity index (χ0n) is 15.1. The van der Waals surface area contributed by atoms with E-state index >= 15 is 0 Å². The smallest absolute Gasteiger partial charge is 0.303 e. The molecule has 0 aromatic heterocycles. The summed E-state index contributed by atoms with van der Waals surface area (Å²) in [5, 5.41) is 2.59. The largest absolute Gasteiger partial charge is 0.355 e. The van der Waals surface area contributed by atoms with Crippen LogP contribution in [0.2, 0.25) is 0 Å². The van der Waals surface area contributed by atoms with E-state index in [1.807, 2.05) is 38.2 Å². The molecule has 1 aliphatic rings. The number of quaternary nitrogens is 1. The predicted octanol–water partition coefficient (Wildman–Crippen LogP) is 0.556. The van der Waals surface area contributed by atoms with Crippen LogP contribution in [-0.4, -0.2) is 38.4 Å². The highest BCUT2D eigenvalue weighted by Gasteiger charge is 2.37. The van der Waals surface area contributed by atoms with Gasteiger partial charge in [-0.25, -0.2) is 0 Å². The van der Waals surface area contributed by atoms with Crippen LogP contribution < -0.4 is 15.1 Å². The van der Waals surface area contributed by atoms with E-state index in [1.165, 1.54) is 0 Å². The predicted molar refractivity (Wildman–Crippen MR) is 98.3 cm³/mol. The SMILES string of the molecule is CNC(=O)c1ccc(C[NH+](C)CN2C(=O)C(=O)c3cc(C)ccc32)cc1. The van der Waals surface area contributed by atoms with Gasteiger partial charge >= 0.3 is 5.91 Å². The molecule has 6 nitrogen and oxygen atoms in total. The molecular weight excluding hydrogens is 330 g/mol. The van der Waals surface area contributed by atoms with Gasteiger partial charge in [-0.05, 0) is 31.2 Å². The van der Waals surface area contributed by atoms with E-state index in [2.05, 4.69) is 5.32 Å². The lowest BCUT2D eigenvalue weighted by Crippen LogP contribution is -3.09. The highest BCUT2D eigenvalue weighted by molar-refractivity contribution is 6.52. The van der Waals surface area contributed by atoms with Crippen LogP contribution in [0.5, 0.6) is 0 Å². The lowest BCUT2D eigenvalue weighted by atomic mass is 10.1. The number of fused-ring (bicyclic) bond motifs is 1. The fourth-order valence-corrected chi connectivity index (χ4v) is 3.16. The molecule has 1 atom stereocenters. The molecule has 0 spiro atoms. The number of carbonyl (C=O) groups is 3. The Morgan fingerprint density at radius 3 is 2.46 bits per heavy atom. The molecule has 3 rings (SSSR count). The summed E-state index contributed by atoms with van der Waals surface area (Å²) in [4.78, 5) is 38.7. The second-order valence-corrected chi connectivity index (χ2v) is 6.65. The number of aryl methyl sites for hydroxylation is 1. The van der Waals surface area contributed by atoms with Crippen molar-refractivity contribution in [3.63, 3.8) is 0 Å². The molecule has 0 aliphatic carbocycles. The van der Waals surface area contributed by atoms with Gasteiger partial charge in [-0.15, -0.1) is 0 Å². The first kappa shape index (κ1) is 17.8. The Morgan fingerprint density at radius 1 is 1.12 bits per heavy atom. The first-order chi connectivity index (χ1) is 12.4. The van der Waals surface area contributed by atoms with Crippen LogP contribution in [0.1, 0.15) is 31.8 Å². The van der Waals surface area contributed by atoms with Gasteiger partial charge in [0.15, 0.2) is 6.67 Å². The number of ketones is 1. The maximum Gasteiger partial charge on any atom is 0.303 e. The van der Waals surface area contributed by atoms with Crippen LogP contribution in [0.4, 0.5) is 5.69 Å². The van der Waals surface area contributed by atoms with Crippen molar-refractivity contribution >= 4 is 23.3 Å². The molecule has 2 aromatic rings. The fourth-order valence-electron chi connectivity index (χ4n) is 3.16. The van der Waals surface area contributed by atoms with Crippen molar-refractivity contribution in [2.45, 2.75) is 13.5 Å². The molecule has 0 radical (unpaired) electrons. The molecule has 1 aliphatic heterocycles. The number of anilines is 1. The van der Waals surface area contributed by atoms with Crippen LogP contribution in [0.15, 0.2) is 42.5 Å². The Morgan fingerprint density at radius 2 is 1.81 bits per heavy atom. The van der Waals surface area contributed by atoms with Gasteiger partial charge in [-0.1, -0.05) is 23.8 Å². The normalized spacial score (nSPS) is 14.3. The molecular formula is C20H22N3O3+. The van der Waals surface area contributed by atoms with E-state index in [9.17, 15) is 14.4 Å². The van der Waals surface area contributed by atoms with Gasteiger partial charge in [0.1, 0.15) is 6.54 Å². The van der Waals surface area contributed by atoms with Gasteiger partial charge in [-0.2, -0.15) is 0 Å². The topological polar surface area (TPSA) is 70.9 Å². The summed E-state index contributed by atoms with van der Waals surface area (Å²) in [6, 6.07) is 12.9. The number of rotatable bonds is 5. The highest BCUT2D eigenvalue weighted by Crippen LogP contribution is 2.28. The minimum atomic E-state index is -0.472. The highest BCUT2D eigenvalue weighted by atomic mass is 16.2. The van der Waals surface area contributed by atoms with Gasteiger partial charge in [0.05, 0.1) is 18.3 Å². The van der Waals surface area contributed by atoms with Crippen molar-refractivity contribution in [3.05, 3.63) is 64.7 Å². The monoisotopic (exact) mass is 352 g/mol. The van der Waals surface area contributed by atoms with Crippen molar-refractivity contribution in [2.24, 2.45) is 0 Å². The first-order valence-corrected chi connectivity index (χ1v) is 8.50. The number of benzene rings is 2. The first-order valence-electron chi connectivity index (χ1n) is 8.50. The maximum atomic E-state index is 12.3. The molecule has 6 heteroatoms. The Balaban J connectivity index is 1.71. The van der Waals surface area contributed by atoms with Crippen LogP contribution in [0.25, 0.3) is 0 Å². The van der Waals surface area contributed by atoms with E-state index in [1.54, 1.807) is 30.1 Å². The Hall–Kier alpha value is -2.99. The number of amides is 2. The van der Waals surface area contributed by atoms with Crippen LogP contribution in [-0.2, 0) is 11.3 Å². The number of hydrogen-bond donors (Lipinski definition) is 2. The van der Waals surface area contributed by atoms with E-state index in [0.717, 1.165) is 16.0 Å². The van der Waals surface area contributed by atoms with Gasteiger partial charge in [0, 0.05) is 18.2 Å². The van der Waals surface area contributed by atoms with Gasteiger partial charge < -0.3 is 10.2 Å². The molecule has 1 unspecified atom stereocenters. The Labute approximate surface area is 152 Å². The fraction of sp³-hybridized carbons (Fsp3) is 0.250. The van der Waals surface area contributed by atoms with E-state index in [4.69, 9.17) is 0 Å². The van der Waals surface area contributed by atoms with Crippen molar-refractivity contribution in [1.82, 2.24) is 5.32 Å². The van der Waals surface area contributed by atoms with Crippen LogP contribution >= 0.6 is 0 Å². The molecule has 134 valence electrons. The number of hydrogen-bond acceptors (Lipinski definition) is 3. The number of Topliss-reactive ketones (excluding diaryl/α,β-unsaturated/α-hetero) is 1. The summed E-state index contributed by atoms with van der Waals surface area (Å²) in [5.41, 5.74) is 3.79. The third-order valence-electron chi connectivity index (χ3n) is 4.50. The molecule has 2 N–H and O–H groups in total. The van der Waals surface area contributed by atoms with Crippen LogP contribution in [0.3, 0.4) is 0 Å². The number of carbonyl (C=O) groups excluding carboxylic acids is 3. The Kier molecular flexibility index (Phi) is 4.86. The molecule has 0 bridgehead atoms. The minimum Gasteiger partial charge on any atom is -0.355 e. The van der Waals surface area contributed by atoms with Crippen molar-refractivity contribution in [1.29, 1.82) is 0 Å². The zero-order chi connectivity index (χ0) is 18.8. The quantitative estimate of drug-likeness (QED) is 0.773. The Bertz CT molecular complexity index is 874. The number of nitrogens with zero attached hydrogens (tertiary/aromatic N) is 1. The molecule has 2 aromatic carbocycles. The summed E-state index contributed by atoms with van der Waals surface area (Å²) in [5.74, 6) is -1.03. The number of nitrogens with one attached hydrogen (secondary N) is 2. The lowest BCUT2D eigenvalue weighted by molar-refractivity contribution is -0.892. The molecule has 0 saturated heterocycles. The minimum absolute atomic E-state index is 0.120. The molecule has 0 saturated carbocycles. The second kappa shape index (κ2) is 7.09. The molecule has 1 heterocycles. The van der Waals surface area contributed by atoms with Crippen molar-refractivity contribution in [3.8, 4) is 0 Å². The molecule has 26 heavy (non-hydrogen) atoms. The average Bonchev–Trinajstić information content (AvgIpc) is 2.86. The lowest BCUT2D eigenvalue weighted by Gasteiger charge is -2.22. The standard InChI is InChI=1S/C20H21N3O3/c1-13-4-9-17-16(10-13)18(24)20(26)23(17)12-22(3)11-14-5-7-15(8-6-14)19(25)21-2/h4-10H,11-12H2,1-3H3,(H,21,25)/p+1. The van der Waals surface area contributed by atoms with Gasteiger partial charge in [-0.3, -0.25) is 19.3 Å². The van der Waals surface area contributed by atoms with E-state index in [0.29, 0.717) is 30.0 Å². The third-order valence-corrected chi connectivity index (χ3v) is 4.50. The van der Waals surface area contributed by atoms with Gasteiger partial charge in [0.25, 0.3) is 11.7 Å². The summed E-state index contributed by atoms with van der Waals surface area (Å²) in [6.45, 7) is 2.98. The van der Waals surface area contributed by atoms with E-state index in [-0.39, 0.29) is 5.91 Å². The molecule has 2 amide bonds.